The fourth-order valence-corrected chi connectivity index (χ4v) is 3.82. The van der Waals surface area contributed by atoms with Crippen molar-refractivity contribution in [2.75, 3.05) is 5.75 Å². The summed E-state index contributed by atoms with van der Waals surface area (Å²) >= 11 is 1.59. The summed E-state index contributed by atoms with van der Waals surface area (Å²) in [5, 5.41) is 11.2. The first-order valence-electron chi connectivity index (χ1n) is 5.84. The van der Waals surface area contributed by atoms with E-state index in [-0.39, 0.29) is 16.7 Å². The standard InChI is InChI=1S/C11H16N2O4S/c1-6(10(16)17)12-9(15)7-5-18-11(2)4-3-8(14)13(7)11/h6-7H,3-5H2,1-2H3,(H,12,15)(H,16,17)/t6-,7?,11?/m0/s1. The van der Waals surface area contributed by atoms with Gasteiger partial charge in [-0.3, -0.25) is 14.4 Å². The van der Waals surface area contributed by atoms with Crippen LogP contribution in [0.2, 0.25) is 0 Å². The summed E-state index contributed by atoms with van der Waals surface area (Å²) in [6.45, 7) is 3.36. The second-order valence-corrected chi connectivity index (χ2v) is 6.34. The Labute approximate surface area is 109 Å². The van der Waals surface area contributed by atoms with Gasteiger partial charge in [-0.05, 0) is 20.3 Å². The number of aliphatic carboxylic acids is 1. The lowest BCUT2D eigenvalue weighted by Gasteiger charge is -2.30. The molecule has 6 nitrogen and oxygen atoms in total. The third-order valence-electron chi connectivity index (χ3n) is 3.48. The zero-order chi connectivity index (χ0) is 13.5. The van der Waals surface area contributed by atoms with Crippen LogP contribution in [-0.4, -0.2) is 50.5 Å². The van der Waals surface area contributed by atoms with Gasteiger partial charge in [-0.2, -0.15) is 0 Å². The van der Waals surface area contributed by atoms with Crippen molar-refractivity contribution in [2.24, 2.45) is 0 Å². The van der Waals surface area contributed by atoms with Crippen molar-refractivity contribution in [3.63, 3.8) is 0 Å². The van der Waals surface area contributed by atoms with Crippen molar-refractivity contribution < 1.29 is 19.5 Å². The highest BCUT2D eigenvalue weighted by Gasteiger charge is 2.53. The lowest BCUT2D eigenvalue weighted by Crippen LogP contribution is -2.52. The fraction of sp³-hybridized carbons (Fsp3) is 0.727. The van der Waals surface area contributed by atoms with Gasteiger partial charge in [0, 0.05) is 12.2 Å². The molecule has 2 aliphatic rings. The highest BCUT2D eigenvalue weighted by Crippen LogP contribution is 2.47. The van der Waals surface area contributed by atoms with E-state index in [1.165, 1.54) is 6.92 Å². The maximum atomic E-state index is 12.0. The number of carboxylic acid groups (broad SMARTS) is 1. The first-order valence-corrected chi connectivity index (χ1v) is 6.83. The number of amides is 2. The van der Waals surface area contributed by atoms with E-state index in [0.717, 1.165) is 6.42 Å². The zero-order valence-corrected chi connectivity index (χ0v) is 11.1. The average molecular weight is 272 g/mol. The van der Waals surface area contributed by atoms with E-state index in [4.69, 9.17) is 5.11 Å². The molecule has 2 rings (SSSR count). The van der Waals surface area contributed by atoms with Gasteiger partial charge in [0.15, 0.2) is 0 Å². The highest BCUT2D eigenvalue weighted by molar-refractivity contribution is 8.01. The van der Waals surface area contributed by atoms with E-state index >= 15 is 0 Å². The van der Waals surface area contributed by atoms with Gasteiger partial charge in [0.05, 0.1) is 4.87 Å². The molecule has 2 fully saturated rings. The van der Waals surface area contributed by atoms with E-state index in [2.05, 4.69) is 5.32 Å². The zero-order valence-electron chi connectivity index (χ0n) is 10.3. The number of hydrogen-bond donors (Lipinski definition) is 2. The van der Waals surface area contributed by atoms with Crippen LogP contribution in [0, 0.1) is 0 Å². The van der Waals surface area contributed by atoms with Crippen LogP contribution in [-0.2, 0) is 14.4 Å². The second-order valence-electron chi connectivity index (χ2n) is 4.83. The number of carboxylic acids is 1. The first-order chi connectivity index (χ1) is 8.35. The second kappa shape index (κ2) is 4.46. The Bertz CT molecular complexity index is 414. The van der Waals surface area contributed by atoms with Gasteiger partial charge in [0.2, 0.25) is 11.8 Å². The van der Waals surface area contributed by atoms with Crippen molar-refractivity contribution in [3.8, 4) is 0 Å². The average Bonchev–Trinajstić information content (AvgIpc) is 2.76. The maximum absolute atomic E-state index is 12.0. The Morgan fingerprint density at radius 2 is 2.28 bits per heavy atom. The number of hydrogen-bond acceptors (Lipinski definition) is 4. The number of fused-ring (bicyclic) bond motifs is 1. The quantitative estimate of drug-likeness (QED) is 0.757. The third kappa shape index (κ3) is 2.07. The largest absolute Gasteiger partial charge is 0.480 e. The van der Waals surface area contributed by atoms with Gasteiger partial charge in [-0.1, -0.05) is 0 Å². The molecule has 2 heterocycles. The minimum Gasteiger partial charge on any atom is -0.480 e. The molecule has 100 valence electrons. The van der Waals surface area contributed by atoms with Crippen LogP contribution in [0.4, 0.5) is 0 Å². The van der Waals surface area contributed by atoms with Crippen LogP contribution in [0.3, 0.4) is 0 Å². The number of carbonyl (C=O) groups is 3. The first kappa shape index (κ1) is 13.2. The fourth-order valence-electron chi connectivity index (χ4n) is 2.39. The predicted molar refractivity (Wildman–Crippen MR) is 66.0 cm³/mol. The van der Waals surface area contributed by atoms with Crippen LogP contribution in [0.15, 0.2) is 0 Å². The van der Waals surface area contributed by atoms with E-state index in [1.807, 2.05) is 6.92 Å². The molecule has 18 heavy (non-hydrogen) atoms. The van der Waals surface area contributed by atoms with Crippen molar-refractivity contribution in [2.45, 2.75) is 43.6 Å². The Hall–Kier alpha value is -1.24. The summed E-state index contributed by atoms with van der Waals surface area (Å²) in [6, 6.07) is -1.48. The molecule has 0 aromatic heterocycles. The molecule has 0 saturated carbocycles. The van der Waals surface area contributed by atoms with Gasteiger partial charge < -0.3 is 15.3 Å². The van der Waals surface area contributed by atoms with Crippen molar-refractivity contribution in [1.82, 2.24) is 10.2 Å². The summed E-state index contributed by atoms with van der Waals surface area (Å²) in [4.78, 5) is 35.8. The minimum absolute atomic E-state index is 0.0226. The predicted octanol–water partition coefficient (Wildman–Crippen LogP) is 0.0297. The molecule has 2 N–H and O–H groups in total. The Kier molecular flexibility index (Phi) is 3.27. The van der Waals surface area contributed by atoms with Crippen LogP contribution >= 0.6 is 11.8 Å². The Morgan fingerprint density at radius 1 is 1.61 bits per heavy atom. The summed E-state index contributed by atoms with van der Waals surface area (Å²) in [6.07, 6.45) is 1.20. The number of carbonyl (C=O) groups excluding carboxylic acids is 2. The molecule has 3 atom stereocenters. The Morgan fingerprint density at radius 3 is 2.89 bits per heavy atom. The summed E-state index contributed by atoms with van der Waals surface area (Å²) in [7, 11) is 0. The maximum Gasteiger partial charge on any atom is 0.325 e. The van der Waals surface area contributed by atoms with Crippen LogP contribution < -0.4 is 5.32 Å². The van der Waals surface area contributed by atoms with Gasteiger partial charge in [-0.25, -0.2) is 0 Å². The van der Waals surface area contributed by atoms with Crippen molar-refractivity contribution >= 4 is 29.5 Å². The summed E-state index contributed by atoms with van der Waals surface area (Å²) in [5.41, 5.74) is 0. The molecule has 2 amide bonds. The molecule has 2 saturated heterocycles. The van der Waals surface area contributed by atoms with E-state index < -0.39 is 18.1 Å². The molecular weight excluding hydrogens is 256 g/mol. The molecule has 0 bridgehead atoms. The third-order valence-corrected chi connectivity index (χ3v) is 4.98. The van der Waals surface area contributed by atoms with Gasteiger partial charge in [0.1, 0.15) is 12.1 Å². The van der Waals surface area contributed by atoms with E-state index in [1.54, 1.807) is 16.7 Å². The summed E-state index contributed by atoms with van der Waals surface area (Å²) in [5.74, 6) is -0.952. The molecule has 0 radical (unpaired) electrons. The van der Waals surface area contributed by atoms with Gasteiger partial charge in [-0.15, -0.1) is 11.8 Å². The van der Waals surface area contributed by atoms with Crippen LogP contribution in [0.5, 0.6) is 0 Å². The molecule has 2 aliphatic heterocycles. The van der Waals surface area contributed by atoms with E-state index in [0.29, 0.717) is 12.2 Å². The molecule has 0 spiro atoms. The molecule has 0 aromatic rings. The van der Waals surface area contributed by atoms with Crippen molar-refractivity contribution in [1.29, 1.82) is 0 Å². The number of rotatable bonds is 3. The summed E-state index contributed by atoms with van der Waals surface area (Å²) < 4.78 is 0. The van der Waals surface area contributed by atoms with Gasteiger partial charge in [0.25, 0.3) is 0 Å². The highest BCUT2D eigenvalue weighted by atomic mass is 32.2. The monoisotopic (exact) mass is 272 g/mol. The number of thioether (sulfide) groups is 1. The molecule has 0 aliphatic carbocycles. The Balaban J connectivity index is 2.08. The van der Waals surface area contributed by atoms with Gasteiger partial charge >= 0.3 is 5.97 Å². The normalized spacial score (nSPS) is 32.2. The van der Waals surface area contributed by atoms with E-state index in [9.17, 15) is 14.4 Å². The SMILES string of the molecule is C[C@H](NC(=O)C1CSC2(C)CCC(=O)N12)C(=O)O. The lowest BCUT2D eigenvalue weighted by molar-refractivity contribution is -0.143. The molecular formula is C11H16N2O4S. The minimum atomic E-state index is -1.08. The topological polar surface area (TPSA) is 86.7 Å². The molecule has 2 unspecified atom stereocenters. The number of nitrogens with zero attached hydrogens (tertiary/aromatic N) is 1. The van der Waals surface area contributed by atoms with Crippen molar-refractivity contribution in [3.05, 3.63) is 0 Å². The molecule has 7 heteroatoms. The van der Waals surface area contributed by atoms with Crippen LogP contribution in [0.1, 0.15) is 26.7 Å². The lowest BCUT2D eigenvalue weighted by atomic mass is 10.2. The molecule has 0 aromatic carbocycles. The smallest absolute Gasteiger partial charge is 0.325 e. The number of nitrogens with one attached hydrogen (secondary N) is 1. The van der Waals surface area contributed by atoms with Crippen LogP contribution in [0.25, 0.3) is 0 Å².